The van der Waals surface area contributed by atoms with E-state index < -0.39 is 59.6 Å². The molecule has 1 saturated heterocycles. The summed E-state index contributed by atoms with van der Waals surface area (Å²) in [5.41, 5.74) is 0.267. The number of rotatable bonds is 12. The molecule has 2 saturated carbocycles. The normalized spacial score (nSPS) is 20.1. The Hall–Kier alpha value is -3.39. The molecule has 0 bridgehead atoms. The third kappa shape index (κ3) is 8.56. The van der Waals surface area contributed by atoms with Gasteiger partial charge in [0.25, 0.3) is 5.91 Å². The van der Waals surface area contributed by atoms with Gasteiger partial charge in [0.2, 0.25) is 17.6 Å². The predicted octanol–water partition coefficient (Wildman–Crippen LogP) is 4.88. The summed E-state index contributed by atoms with van der Waals surface area (Å²) in [5.74, 6) is -9.79. The minimum Gasteiger partial charge on any atom is -0.339 e. The first-order valence-corrected chi connectivity index (χ1v) is 17.3. The molecule has 256 valence electrons. The van der Waals surface area contributed by atoms with Gasteiger partial charge in [-0.25, -0.2) is 4.39 Å². The molecule has 3 amide bonds. The largest absolute Gasteiger partial charge is 0.339 e. The number of Topliss-reactive ketones (excluding diaryl/α,β-unsaturated/α-hetero) is 1. The third-order valence-electron chi connectivity index (χ3n) is 9.90. The van der Waals surface area contributed by atoms with Crippen LogP contribution in [0.1, 0.15) is 85.9 Å². The fourth-order valence-electron chi connectivity index (χ4n) is 6.63. The van der Waals surface area contributed by atoms with Gasteiger partial charge in [-0.2, -0.15) is 8.78 Å². The summed E-state index contributed by atoms with van der Waals surface area (Å²) in [6.45, 7) is 4.02. The maximum Gasteiger partial charge on any atom is 0.308 e. The van der Waals surface area contributed by atoms with Gasteiger partial charge >= 0.3 is 5.92 Å². The molecule has 47 heavy (non-hydrogen) atoms. The van der Waals surface area contributed by atoms with Crippen LogP contribution in [0, 0.1) is 23.6 Å². The van der Waals surface area contributed by atoms with Crippen molar-refractivity contribution in [3.8, 4) is 0 Å². The monoisotopic (exact) mass is 676 g/mol. The maximum atomic E-state index is 15.7. The van der Waals surface area contributed by atoms with Crippen molar-refractivity contribution in [2.24, 2.45) is 17.8 Å². The van der Waals surface area contributed by atoms with Gasteiger partial charge in [-0.1, -0.05) is 43.2 Å². The van der Waals surface area contributed by atoms with Gasteiger partial charge in [0.15, 0.2) is 0 Å². The number of amides is 3. The molecular formula is C33H43F3N6O4S. The molecule has 1 aromatic heterocycles. The lowest BCUT2D eigenvalue weighted by molar-refractivity contribution is -0.149. The third-order valence-corrected chi connectivity index (χ3v) is 10.6. The van der Waals surface area contributed by atoms with Crippen molar-refractivity contribution in [2.45, 2.75) is 82.6 Å². The van der Waals surface area contributed by atoms with Crippen LogP contribution in [0.4, 0.5) is 18.9 Å². The Morgan fingerprint density at radius 3 is 2.30 bits per heavy atom. The first kappa shape index (κ1) is 34.9. The Morgan fingerprint density at radius 2 is 1.70 bits per heavy atom. The van der Waals surface area contributed by atoms with Gasteiger partial charge in [0, 0.05) is 50.4 Å². The number of hydrogen-bond acceptors (Lipinski definition) is 8. The van der Waals surface area contributed by atoms with Crippen LogP contribution in [0.5, 0.6) is 0 Å². The topological polar surface area (TPSA) is 125 Å². The molecule has 1 aliphatic heterocycles. The molecule has 0 spiro atoms. The van der Waals surface area contributed by atoms with Crippen LogP contribution in [-0.4, -0.2) is 88.1 Å². The number of benzene rings is 1. The highest BCUT2D eigenvalue weighted by atomic mass is 32.1. The number of aromatic nitrogens is 2. The van der Waals surface area contributed by atoms with Gasteiger partial charge in [0.05, 0.1) is 11.9 Å². The molecule has 1 aromatic carbocycles. The lowest BCUT2D eigenvalue weighted by Gasteiger charge is -2.36. The summed E-state index contributed by atoms with van der Waals surface area (Å²) in [7, 11) is 1.96. The predicted molar refractivity (Wildman–Crippen MR) is 171 cm³/mol. The molecule has 3 atom stereocenters. The summed E-state index contributed by atoms with van der Waals surface area (Å²) in [5, 5.41) is 9.07. The Labute approximate surface area is 277 Å². The van der Waals surface area contributed by atoms with E-state index in [4.69, 9.17) is 0 Å². The van der Waals surface area contributed by atoms with Crippen molar-refractivity contribution in [1.29, 1.82) is 0 Å². The second-order valence-electron chi connectivity index (χ2n) is 13.3. The van der Waals surface area contributed by atoms with Gasteiger partial charge in [-0.3, -0.25) is 19.2 Å². The van der Waals surface area contributed by atoms with E-state index in [2.05, 4.69) is 25.1 Å². The highest BCUT2D eigenvalue weighted by Crippen LogP contribution is 2.45. The SMILES string of the molecule is C[C@@H](c1ccc(NC(=O)[C@@H](CC(=O)C(F)(F)C2CC2)C2CCCCCC2)c(F)c1)[C@@H](NC(=O)c1cnns1)C(=O)N1CCN(C)CC1. The zero-order chi connectivity index (χ0) is 33.7. The minimum atomic E-state index is -3.46. The smallest absolute Gasteiger partial charge is 0.308 e. The van der Waals surface area contributed by atoms with E-state index in [0.29, 0.717) is 57.4 Å². The van der Waals surface area contributed by atoms with Crippen molar-refractivity contribution in [3.05, 3.63) is 40.7 Å². The lowest BCUT2D eigenvalue weighted by atomic mass is 9.81. The molecule has 0 radical (unpaired) electrons. The van der Waals surface area contributed by atoms with E-state index in [1.165, 1.54) is 18.3 Å². The molecule has 14 heteroatoms. The molecule has 3 aliphatic rings. The Bertz CT molecular complexity index is 1420. The van der Waals surface area contributed by atoms with Crippen LogP contribution in [0.15, 0.2) is 24.4 Å². The average molecular weight is 677 g/mol. The Kier molecular flexibility index (Phi) is 11.3. The van der Waals surface area contributed by atoms with Crippen molar-refractivity contribution in [1.82, 2.24) is 24.7 Å². The number of carbonyl (C=O) groups excluding carboxylic acids is 4. The summed E-state index contributed by atoms with van der Waals surface area (Å²) < 4.78 is 48.8. The van der Waals surface area contributed by atoms with E-state index in [0.717, 1.165) is 37.2 Å². The second-order valence-corrected chi connectivity index (χ2v) is 14.0. The van der Waals surface area contributed by atoms with Gasteiger partial charge < -0.3 is 20.4 Å². The summed E-state index contributed by atoms with van der Waals surface area (Å²) in [6.07, 6.45) is 6.24. The number of nitrogens with one attached hydrogen (secondary N) is 2. The number of piperazine rings is 1. The van der Waals surface area contributed by atoms with Crippen LogP contribution >= 0.6 is 11.5 Å². The summed E-state index contributed by atoms with van der Waals surface area (Å²) in [6, 6.07) is 3.13. The molecule has 10 nitrogen and oxygen atoms in total. The number of anilines is 1. The van der Waals surface area contributed by atoms with Crippen LogP contribution in [-0.2, 0) is 14.4 Å². The highest BCUT2D eigenvalue weighted by Gasteiger charge is 2.53. The van der Waals surface area contributed by atoms with E-state index in [9.17, 15) is 28.0 Å². The first-order valence-electron chi connectivity index (χ1n) is 16.5. The molecule has 2 N–H and O–H groups in total. The van der Waals surface area contributed by atoms with E-state index >= 15 is 4.39 Å². The van der Waals surface area contributed by atoms with E-state index in [1.54, 1.807) is 17.9 Å². The fourth-order valence-corrected chi connectivity index (χ4v) is 7.05. The van der Waals surface area contributed by atoms with Gasteiger partial charge in [-0.05, 0) is 67.9 Å². The number of carbonyl (C=O) groups is 4. The Balaban J connectivity index is 1.33. The number of likely N-dealkylation sites (N-methyl/N-ethyl adjacent to an activating group) is 1. The fraction of sp³-hybridized carbons (Fsp3) is 0.636. The van der Waals surface area contributed by atoms with Crippen molar-refractivity contribution < 1.29 is 32.3 Å². The molecule has 2 heterocycles. The Morgan fingerprint density at radius 1 is 1.02 bits per heavy atom. The zero-order valence-electron chi connectivity index (χ0n) is 26.9. The van der Waals surface area contributed by atoms with E-state index in [1.807, 2.05) is 7.05 Å². The van der Waals surface area contributed by atoms with Crippen LogP contribution in [0.3, 0.4) is 0 Å². The van der Waals surface area contributed by atoms with Crippen LogP contribution < -0.4 is 10.6 Å². The summed E-state index contributed by atoms with van der Waals surface area (Å²) in [4.78, 5) is 57.0. The molecular weight excluding hydrogens is 633 g/mol. The maximum absolute atomic E-state index is 15.7. The number of nitrogens with zero attached hydrogens (tertiary/aromatic N) is 4. The lowest BCUT2D eigenvalue weighted by Crippen LogP contribution is -2.55. The quantitative estimate of drug-likeness (QED) is 0.307. The highest BCUT2D eigenvalue weighted by molar-refractivity contribution is 7.07. The van der Waals surface area contributed by atoms with Gasteiger partial charge in [-0.15, -0.1) is 5.10 Å². The van der Waals surface area contributed by atoms with Crippen LogP contribution in [0.2, 0.25) is 0 Å². The molecule has 2 aromatic rings. The standard InChI is InChI=1S/C33H43F3N6O4S/c1-20(29(39-31(45)27-19-37-40-47-27)32(46)42-15-13-41(2)14-16-42)22-9-12-26(25(34)17-22)38-30(44)24(21-7-5-3-4-6-8-21)18-28(43)33(35,36)23-10-11-23/h9,12,17,19-21,23-24,29H,3-8,10-11,13-16,18H2,1-2H3,(H,38,44)(H,39,45)/t20-,24-,29+/m0/s1. The minimum absolute atomic E-state index is 0.146. The number of alkyl halides is 2. The van der Waals surface area contributed by atoms with Crippen molar-refractivity contribution in [3.63, 3.8) is 0 Å². The first-order chi connectivity index (χ1) is 22.5. The molecule has 3 fully saturated rings. The van der Waals surface area contributed by atoms with Crippen molar-refractivity contribution >= 4 is 40.7 Å². The second kappa shape index (κ2) is 15.2. The molecule has 2 aliphatic carbocycles. The number of halogens is 3. The number of ketones is 1. The van der Waals surface area contributed by atoms with Crippen molar-refractivity contribution in [2.75, 3.05) is 38.5 Å². The van der Waals surface area contributed by atoms with Crippen LogP contribution in [0.25, 0.3) is 0 Å². The number of hydrogen-bond donors (Lipinski definition) is 2. The zero-order valence-corrected chi connectivity index (χ0v) is 27.7. The van der Waals surface area contributed by atoms with E-state index in [-0.39, 0.29) is 22.4 Å². The molecule has 5 rings (SSSR count). The van der Waals surface area contributed by atoms with Gasteiger partial charge in [0.1, 0.15) is 16.7 Å². The molecule has 0 unspecified atom stereocenters. The summed E-state index contributed by atoms with van der Waals surface area (Å²) >= 11 is 0.893. The average Bonchev–Trinajstić information content (AvgIpc) is 3.84.